The van der Waals surface area contributed by atoms with Crippen LogP contribution in [0.4, 0.5) is 0 Å². The zero-order valence-corrected chi connectivity index (χ0v) is 14.2. The van der Waals surface area contributed by atoms with Crippen molar-refractivity contribution in [1.29, 1.82) is 0 Å². The lowest BCUT2D eigenvalue weighted by atomic mass is 10.1. The monoisotopic (exact) mass is 339 g/mol. The van der Waals surface area contributed by atoms with Crippen LogP contribution < -0.4 is 9.47 Å². The summed E-state index contributed by atoms with van der Waals surface area (Å²) in [5, 5.41) is 0. The van der Waals surface area contributed by atoms with E-state index < -0.39 is 0 Å². The Morgan fingerprint density at radius 1 is 1.20 bits per heavy atom. The number of rotatable bonds is 4. The van der Waals surface area contributed by atoms with Crippen LogP contribution in [0.3, 0.4) is 0 Å². The van der Waals surface area contributed by atoms with Gasteiger partial charge in [0.05, 0.1) is 25.5 Å². The molecule has 0 saturated heterocycles. The van der Waals surface area contributed by atoms with Crippen molar-refractivity contribution in [2.45, 2.75) is 38.3 Å². The van der Waals surface area contributed by atoms with Crippen LogP contribution in [0, 0.1) is 0 Å². The fourth-order valence-electron chi connectivity index (χ4n) is 3.15. The molecule has 1 fully saturated rings. The molecule has 2 aromatic rings. The molecule has 130 valence electrons. The molecule has 0 spiro atoms. The summed E-state index contributed by atoms with van der Waals surface area (Å²) in [6.45, 7) is 3.36. The van der Waals surface area contributed by atoms with E-state index in [9.17, 15) is 4.79 Å². The molecular weight excluding hydrogens is 318 g/mol. The molecule has 2 aliphatic rings. The summed E-state index contributed by atoms with van der Waals surface area (Å²) >= 11 is 0. The summed E-state index contributed by atoms with van der Waals surface area (Å²) in [6, 6.07) is 6.13. The molecule has 1 saturated carbocycles. The Hall–Kier alpha value is -2.63. The van der Waals surface area contributed by atoms with Gasteiger partial charge in [0.25, 0.3) is 5.91 Å². The second kappa shape index (κ2) is 6.70. The van der Waals surface area contributed by atoms with Crippen LogP contribution in [-0.4, -0.2) is 40.0 Å². The first-order valence-electron chi connectivity index (χ1n) is 8.72. The number of benzene rings is 1. The SMILES string of the molecule is C[C@@H](c1ccc2c(c1)OCCCO2)N(C(=O)c1cnccn1)C1CC1. The highest BCUT2D eigenvalue weighted by Gasteiger charge is 2.37. The van der Waals surface area contributed by atoms with E-state index in [0.29, 0.717) is 18.9 Å². The minimum absolute atomic E-state index is 0.0702. The number of hydrogen-bond acceptors (Lipinski definition) is 5. The van der Waals surface area contributed by atoms with Crippen molar-refractivity contribution >= 4 is 5.91 Å². The predicted molar refractivity (Wildman–Crippen MR) is 91.7 cm³/mol. The normalized spacial score (nSPS) is 17.5. The number of amides is 1. The van der Waals surface area contributed by atoms with Crippen molar-refractivity contribution in [3.05, 3.63) is 48.0 Å². The molecule has 1 aliphatic heterocycles. The van der Waals surface area contributed by atoms with Crippen LogP contribution in [0.1, 0.15) is 48.3 Å². The Morgan fingerprint density at radius 2 is 2.00 bits per heavy atom. The second-order valence-corrected chi connectivity index (χ2v) is 6.47. The summed E-state index contributed by atoms with van der Waals surface area (Å²) in [5.41, 5.74) is 1.42. The molecule has 1 aromatic carbocycles. The Bertz CT molecular complexity index is 762. The lowest BCUT2D eigenvalue weighted by Crippen LogP contribution is -2.36. The first-order valence-corrected chi connectivity index (χ1v) is 8.72. The van der Waals surface area contributed by atoms with E-state index in [1.165, 1.54) is 6.20 Å². The average molecular weight is 339 g/mol. The van der Waals surface area contributed by atoms with Crippen molar-refractivity contribution in [3.8, 4) is 11.5 Å². The minimum Gasteiger partial charge on any atom is -0.490 e. The summed E-state index contributed by atoms with van der Waals surface area (Å²) in [7, 11) is 0. The number of fused-ring (bicyclic) bond motifs is 1. The van der Waals surface area contributed by atoms with Crippen LogP contribution in [0.5, 0.6) is 11.5 Å². The minimum atomic E-state index is -0.0739. The van der Waals surface area contributed by atoms with Gasteiger partial charge in [-0.25, -0.2) is 4.98 Å². The van der Waals surface area contributed by atoms with Crippen molar-refractivity contribution in [2.75, 3.05) is 13.2 Å². The molecule has 1 aliphatic carbocycles. The van der Waals surface area contributed by atoms with Gasteiger partial charge >= 0.3 is 0 Å². The average Bonchev–Trinajstić information content (AvgIpc) is 3.49. The summed E-state index contributed by atoms with van der Waals surface area (Å²) < 4.78 is 11.5. The van der Waals surface area contributed by atoms with E-state index >= 15 is 0 Å². The Kier molecular flexibility index (Phi) is 4.26. The van der Waals surface area contributed by atoms with E-state index in [0.717, 1.165) is 36.3 Å². The molecular formula is C19H21N3O3. The maximum absolute atomic E-state index is 13.0. The molecule has 1 amide bonds. The van der Waals surface area contributed by atoms with Crippen LogP contribution >= 0.6 is 0 Å². The summed E-state index contributed by atoms with van der Waals surface area (Å²) in [6.07, 6.45) is 7.58. The topological polar surface area (TPSA) is 64.6 Å². The van der Waals surface area contributed by atoms with Gasteiger partial charge in [-0.2, -0.15) is 0 Å². The van der Waals surface area contributed by atoms with Gasteiger partial charge in [0, 0.05) is 24.9 Å². The van der Waals surface area contributed by atoms with Crippen molar-refractivity contribution < 1.29 is 14.3 Å². The molecule has 1 atom stereocenters. The summed E-state index contributed by atoms with van der Waals surface area (Å²) in [5.74, 6) is 1.45. The fourth-order valence-corrected chi connectivity index (χ4v) is 3.15. The third kappa shape index (κ3) is 3.29. The summed E-state index contributed by atoms with van der Waals surface area (Å²) in [4.78, 5) is 23.1. The van der Waals surface area contributed by atoms with E-state index in [2.05, 4.69) is 9.97 Å². The standard InChI is InChI=1S/C19H21N3O3/c1-13(14-3-6-17-18(11-14)25-10-2-9-24-17)22(15-4-5-15)19(23)16-12-20-7-8-21-16/h3,6-8,11-13,15H,2,4-5,9-10H2,1H3/t13-/m0/s1. The number of carbonyl (C=O) groups excluding carboxylic acids is 1. The Morgan fingerprint density at radius 3 is 2.72 bits per heavy atom. The third-order valence-corrected chi connectivity index (χ3v) is 4.63. The van der Waals surface area contributed by atoms with Gasteiger partial charge in [0.1, 0.15) is 5.69 Å². The van der Waals surface area contributed by atoms with E-state index in [1.807, 2.05) is 30.0 Å². The van der Waals surface area contributed by atoms with Gasteiger partial charge in [0.15, 0.2) is 11.5 Å². The van der Waals surface area contributed by atoms with Gasteiger partial charge in [-0.05, 0) is 37.5 Å². The van der Waals surface area contributed by atoms with Gasteiger partial charge in [-0.15, -0.1) is 0 Å². The number of aromatic nitrogens is 2. The number of hydrogen-bond donors (Lipinski definition) is 0. The molecule has 0 N–H and O–H groups in total. The van der Waals surface area contributed by atoms with Crippen molar-refractivity contribution in [3.63, 3.8) is 0 Å². The predicted octanol–water partition coefficient (Wildman–Crippen LogP) is 3.00. The number of nitrogens with zero attached hydrogens (tertiary/aromatic N) is 3. The zero-order valence-electron chi connectivity index (χ0n) is 14.2. The lowest BCUT2D eigenvalue weighted by molar-refractivity contribution is 0.0667. The molecule has 0 bridgehead atoms. The van der Waals surface area contributed by atoms with Crippen molar-refractivity contribution in [2.24, 2.45) is 0 Å². The fraction of sp³-hybridized carbons (Fsp3) is 0.421. The highest BCUT2D eigenvalue weighted by Crippen LogP contribution is 2.38. The highest BCUT2D eigenvalue weighted by atomic mass is 16.5. The largest absolute Gasteiger partial charge is 0.490 e. The third-order valence-electron chi connectivity index (χ3n) is 4.63. The first-order chi connectivity index (χ1) is 12.2. The van der Waals surface area contributed by atoms with Crippen LogP contribution in [0.2, 0.25) is 0 Å². The molecule has 4 rings (SSSR count). The molecule has 25 heavy (non-hydrogen) atoms. The molecule has 0 unspecified atom stereocenters. The molecule has 6 nitrogen and oxygen atoms in total. The number of ether oxygens (including phenoxy) is 2. The van der Waals surface area contributed by atoms with Crippen LogP contribution in [0.15, 0.2) is 36.8 Å². The first kappa shape index (κ1) is 15.9. The highest BCUT2D eigenvalue weighted by molar-refractivity contribution is 5.92. The van der Waals surface area contributed by atoms with Gasteiger partial charge in [-0.1, -0.05) is 6.07 Å². The second-order valence-electron chi connectivity index (χ2n) is 6.47. The quantitative estimate of drug-likeness (QED) is 0.857. The molecule has 6 heteroatoms. The van der Waals surface area contributed by atoms with Crippen LogP contribution in [0.25, 0.3) is 0 Å². The zero-order chi connectivity index (χ0) is 17.2. The molecule has 0 radical (unpaired) electrons. The Labute approximate surface area is 146 Å². The molecule has 1 aromatic heterocycles. The van der Waals surface area contributed by atoms with Gasteiger partial charge in [0.2, 0.25) is 0 Å². The maximum atomic E-state index is 13.0. The van der Waals surface area contributed by atoms with E-state index in [-0.39, 0.29) is 18.0 Å². The molecule has 2 heterocycles. The van der Waals surface area contributed by atoms with E-state index in [1.54, 1.807) is 12.4 Å². The number of carbonyl (C=O) groups is 1. The van der Waals surface area contributed by atoms with Crippen molar-refractivity contribution in [1.82, 2.24) is 14.9 Å². The Balaban J connectivity index is 1.62. The van der Waals surface area contributed by atoms with Gasteiger partial charge in [-0.3, -0.25) is 9.78 Å². The van der Waals surface area contributed by atoms with E-state index in [4.69, 9.17) is 9.47 Å². The lowest BCUT2D eigenvalue weighted by Gasteiger charge is -2.29. The smallest absolute Gasteiger partial charge is 0.274 e. The van der Waals surface area contributed by atoms with Gasteiger partial charge < -0.3 is 14.4 Å². The van der Waals surface area contributed by atoms with Crippen LogP contribution in [-0.2, 0) is 0 Å². The maximum Gasteiger partial charge on any atom is 0.274 e.